The van der Waals surface area contributed by atoms with E-state index in [2.05, 4.69) is 22.7 Å². The van der Waals surface area contributed by atoms with Crippen molar-refractivity contribution < 1.29 is 4.39 Å². The van der Waals surface area contributed by atoms with Gasteiger partial charge in [0, 0.05) is 24.4 Å². The number of aryl methyl sites for hydroxylation is 1. The maximum Gasteiger partial charge on any atom is 0.138 e. The molecule has 20 heavy (non-hydrogen) atoms. The van der Waals surface area contributed by atoms with Gasteiger partial charge in [0.25, 0.3) is 0 Å². The first-order chi connectivity index (χ1) is 9.58. The molecule has 0 fully saturated rings. The third-order valence-electron chi connectivity index (χ3n) is 3.30. The van der Waals surface area contributed by atoms with Crippen LogP contribution in [0.15, 0.2) is 12.1 Å². The van der Waals surface area contributed by atoms with Crippen LogP contribution in [0.2, 0.25) is 0 Å². The Labute approximate surface area is 141 Å². The predicted octanol–water partition coefficient (Wildman–Crippen LogP) is 4.88. The molecule has 6 heteroatoms. The predicted molar refractivity (Wildman–Crippen MR) is 94.5 cm³/mol. The Morgan fingerprint density at radius 2 is 2.25 bits per heavy atom. The Balaban J connectivity index is 2.52. The van der Waals surface area contributed by atoms with Crippen molar-refractivity contribution in [3.63, 3.8) is 0 Å². The second kappa shape index (κ2) is 7.31. The molecule has 2 nitrogen and oxygen atoms in total. The summed E-state index contributed by atoms with van der Waals surface area (Å²) in [4.78, 5) is 4.63. The van der Waals surface area contributed by atoms with E-state index in [1.165, 1.54) is 0 Å². The lowest BCUT2D eigenvalue weighted by Gasteiger charge is -2.17. The van der Waals surface area contributed by atoms with Gasteiger partial charge in [0.1, 0.15) is 11.6 Å². The Hall–Kier alpha value is -0.0100. The highest BCUT2D eigenvalue weighted by atomic mass is 127. The largest absolute Gasteiger partial charge is 0.325 e. The topological polar surface area (TPSA) is 17.8 Å². The third kappa shape index (κ3) is 3.42. The molecular weight excluding hydrogens is 410 g/mol. The summed E-state index contributed by atoms with van der Waals surface area (Å²) in [5.41, 5.74) is 1.73. The van der Waals surface area contributed by atoms with Gasteiger partial charge in [-0.2, -0.15) is 11.8 Å². The molecule has 0 aliphatic heterocycles. The maximum absolute atomic E-state index is 13.9. The van der Waals surface area contributed by atoms with Gasteiger partial charge in [0.15, 0.2) is 0 Å². The van der Waals surface area contributed by atoms with E-state index in [1.807, 2.05) is 34.4 Å². The third-order valence-corrected chi connectivity index (χ3v) is 4.96. The van der Waals surface area contributed by atoms with Crippen LogP contribution in [0.4, 0.5) is 4.39 Å². The molecule has 0 bridgehead atoms. The number of halogens is 3. The van der Waals surface area contributed by atoms with Crippen LogP contribution >= 0.6 is 46.0 Å². The molecule has 0 saturated carbocycles. The molecule has 1 heterocycles. The van der Waals surface area contributed by atoms with Crippen LogP contribution in [0.1, 0.15) is 25.2 Å². The summed E-state index contributed by atoms with van der Waals surface area (Å²) in [6, 6.07) is 3.70. The highest BCUT2D eigenvalue weighted by Crippen LogP contribution is 2.27. The number of aromatic nitrogens is 2. The fourth-order valence-electron chi connectivity index (χ4n) is 2.31. The molecule has 0 N–H and O–H groups in total. The average Bonchev–Trinajstić information content (AvgIpc) is 2.74. The molecule has 2 rings (SSSR count). The lowest BCUT2D eigenvalue weighted by Crippen LogP contribution is -2.11. The fraction of sp³-hybridized carbons (Fsp3) is 0.500. The molecule has 2 aromatic rings. The van der Waals surface area contributed by atoms with E-state index in [-0.39, 0.29) is 5.82 Å². The molecular formula is C14H17ClFIN2S. The van der Waals surface area contributed by atoms with Crippen molar-refractivity contribution in [1.82, 2.24) is 9.55 Å². The van der Waals surface area contributed by atoms with Gasteiger partial charge in [0.05, 0.1) is 14.6 Å². The molecule has 1 aromatic carbocycles. The van der Waals surface area contributed by atoms with Crippen LogP contribution in [-0.4, -0.2) is 27.4 Å². The molecule has 0 aliphatic carbocycles. The lowest BCUT2D eigenvalue weighted by atomic mass is 10.2. The standard InChI is InChI=1S/C14H17ClFIN2S/c1-9(4-6-20-2)19-13-7-10(16)11(17)8-12(13)18-14(19)3-5-15/h7-9H,3-6H2,1-2H3. The van der Waals surface area contributed by atoms with Gasteiger partial charge in [-0.3, -0.25) is 0 Å². The van der Waals surface area contributed by atoms with Gasteiger partial charge >= 0.3 is 0 Å². The van der Waals surface area contributed by atoms with E-state index in [4.69, 9.17) is 11.6 Å². The number of benzene rings is 1. The Morgan fingerprint density at radius 3 is 2.90 bits per heavy atom. The van der Waals surface area contributed by atoms with Gasteiger partial charge in [0.2, 0.25) is 0 Å². The van der Waals surface area contributed by atoms with Gasteiger partial charge < -0.3 is 4.57 Å². The number of imidazole rings is 1. The molecule has 0 spiro atoms. The number of alkyl halides is 1. The Morgan fingerprint density at radius 1 is 1.50 bits per heavy atom. The Bertz CT molecular complexity index is 602. The molecule has 110 valence electrons. The zero-order chi connectivity index (χ0) is 14.7. The zero-order valence-corrected chi connectivity index (χ0v) is 15.2. The number of nitrogens with zero attached hydrogens (tertiary/aromatic N) is 2. The van der Waals surface area contributed by atoms with E-state index >= 15 is 0 Å². The lowest BCUT2D eigenvalue weighted by molar-refractivity contribution is 0.527. The first-order valence-corrected chi connectivity index (χ1v) is 9.50. The van der Waals surface area contributed by atoms with Crippen LogP contribution in [0.3, 0.4) is 0 Å². The second-order valence-corrected chi connectivity index (χ2v) is 7.25. The zero-order valence-electron chi connectivity index (χ0n) is 11.5. The van der Waals surface area contributed by atoms with E-state index in [0.29, 0.717) is 21.9 Å². The number of rotatable bonds is 6. The minimum absolute atomic E-state index is 0.186. The minimum atomic E-state index is -0.186. The van der Waals surface area contributed by atoms with Gasteiger partial charge in [-0.25, -0.2) is 9.37 Å². The van der Waals surface area contributed by atoms with E-state index in [9.17, 15) is 4.39 Å². The average molecular weight is 427 g/mol. The van der Waals surface area contributed by atoms with E-state index in [1.54, 1.807) is 12.1 Å². The van der Waals surface area contributed by atoms with E-state index in [0.717, 1.165) is 29.0 Å². The summed E-state index contributed by atoms with van der Waals surface area (Å²) in [6.07, 6.45) is 3.84. The fourth-order valence-corrected chi connectivity index (χ4v) is 3.51. The van der Waals surface area contributed by atoms with Gasteiger partial charge in [-0.1, -0.05) is 0 Å². The highest BCUT2D eigenvalue weighted by molar-refractivity contribution is 14.1. The van der Waals surface area contributed by atoms with Crippen LogP contribution in [0, 0.1) is 9.39 Å². The highest BCUT2D eigenvalue weighted by Gasteiger charge is 2.17. The van der Waals surface area contributed by atoms with Gasteiger partial charge in [-0.05, 0) is 54.0 Å². The number of thioether (sulfide) groups is 1. The smallest absolute Gasteiger partial charge is 0.138 e. The number of fused-ring (bicyclic) bond motifs is 1. The van der Waals surface area contributed by atoms with Crippen LogP contribution in [0.5, 0.6) is 0 Å². The quantitative estimate of drug-likeness (QED) is 0.484. The van der Waals surface area contributed by atoms with Crippen molar-refractivity contribution in [2.45, 2.75) is 25.8 Å². The molecule has 0 saturated heterocycles. The van der Waals surface area contributed by atoms with Crippen molar-refractivity contribution in [2.24, 2.45) is 0 Å². The Kier molecular flexibility index (Phi) is 5.98. The summed E-state index contributed by atoms with van der Waals surface area (Å²) < 4.78 is 16.6. The summed E-state index contributed by atoms with van der Waals surface area (Å²) in [5.74, 6) is 2.37. The van der Waals surface area contributed by atoms with Crippen LogP contribution in [-0.2, 0) is 6.42 Å². The first kappa shape index (κ1) is 16.4. The molecule has 1 aromatic heterocycles. The van der Waals surface area contributed by atoms with E-state index < -0.39 is 0 Å². The van der Waals surface area contributed by atoms with Gasteiger partial charge in [-0.15, -0.1) is 11.6 Å². The maximum atomic E-state index is 13.9. The monoisotopic (exact) mass is 426 g/mol. The molecule has 0 radical (unpaired) electrons. The van der Waals surface area contributed by atoms with Crippen molar-refractivity contribution in [3.05, 3.63) is 27.3 Å². The number of hydrogen-bond acceptors (Lipinski definition) is 2. The van der Waals surface area contributed by atoms with Crippen molar-refractivity contribution >= 4 is 57.0 Å². The van der Waals surface area contributed by atoms with Crippen molar-refractivity contribution in [2.75, 3.05) is 17.9 Å². The molecule has 1 unspecified atom stereocenters. The first-order valence-electron chi connectivity index (χ1n) is 6.49. The SMILES string of the molecule is CSCCC(C)n1c(CCCl)nc2cc(I)c(F)cc21. The van der Waals surface area contributed by atoms with Crippen molar-refractivity contribution in [3.8, 4) is 0 Å². The summed E-state index contributed by atoms with van der Waals surface area (Å²) in [5, 5.41) is 0. The normalized spacial score (nSPS) is 13.1. The molecule has 1 atom stereocenters. The summed E-state index contributed by atoms with van der Waals surface area (Å²) >= 11 is 9.70. The summed E-state index contributed by atoms with van der Waals surface area (Å²) in [6.45, 7) is 2.16. The summed E-state index contributed by atoms with van der Waals surface area (Å²) in [7, 11) is 0. The van der Waals surface area contributed by atoms with Crippen LogP contribution < -0.4 is 0 Å². The number of hydrogen-bond donors (Lipinski definition) is 0. The minimum Gasteiger partial charge on any atom is -0.325 e. The molecule has 0 aliphatic rings. The molecule has 0 amide bonds. The second-order valence-electron chi connectivity index (χ2n) is 4.72. The van der Waals surface area contributed by atoms with Crippen molar-refractivity contribution in [1.29, 1.82) is 0 Å². The van der Waals surface area contributed by atoms with Crippen LogP contribution in [0.25, 0.3) is 11.0 Å².